The maximum Gasteiger partial charge on any atom is 0.142 e. The van der Waals surface area contributed by atoms with Crippen molar-refractivity contribution in [3.63, 3.8) is 0 Å². The van der Waals surface area contributed by atoms with E-state index >= 15 is 0 Å². The molecule has 0 spiro atoms. The summed E-state index contributed by atoms with van der Waals surface area (Å²) in [6, 6.07) is 7.36. The monoisotopic (exact) mass is 346 g/mol. The second-order valence-corrected chi connectivity index (χ2v) is 6.11. The van der Waals surface area contributed by atoms with E-state index < -0.39 is 0 Å². The van der Waals surface area contributed by atoms with E-state index in [4.69, 9.17) is 11.6 Å². The van der Waals surface area contributed by atoms with Gasteiger partial charge in [0.2, 0.25) is 0 Å². The van der Waals surface area contributed by atoms with Crippen molar-refractivity contribution in [2.45, 2.75) is 6.04 Å². The zero-order valence-corrected chi connectivity index (χ0v) is 13.8. The van der Waals surface area contributed by atoms with Crippen molar-refractivity contribution in [3.05, 3.63) is 57.0 Å². The molecular formula is C15H17Cl2FN2S. The molecule has 1 N–H and O–H groups in total. The van der Waals surface area contributed by atoms with Crippen LogP contribution in [0.1, 0.15) is 17.2 Å². The molecule has 1 aromatic heterocycles. The first-order valence-corrected chi connectivity index (χ1v) is 7.99. The molecule has 1 aliphatic rings. The van der Waals surface area contributed by atoms with Gasteiger partial charge in [-0.2, -0.15) is 11.3 Å². The number of piperazine rings is 1. The summed E-state index contributed by atoms with van der Waals surface area (Å²) in [5, 5.41) is 7.74. The molecule has 0 saturated carbocycles. The Hall–Kier alpha value is -0.650. The van der Waals surface area contributed by atoms with Gasteiger partial charge in [-0.15, -0.1) is 12.4 Å². The smallest absolute Gasteiger partial charge is 0.142 e. The summed E-state index contributed by atoms with van der Waals surface area (Å²) in [4.78, 5) is 2.39. The first-order chi connectivity index (χ1) is 9.75. The third kappa shape index (κ3) is 3.76. The molecule has 1 aliphatic heterocycles. The summed E-state index contributed by atoms with van der Waals surface area (Å²) >= 11 is 7.47. The lowest BCUT2D eigenvalue weighted by Gasteiger charge is -2.35. The van der Waals surface area contributed by atoms with Crippen LogP contribution in [0.2, 0.25) is 5.02 Å². The van der Waals surface area contributed by atoms with E-state index in [0.717, 1.165) is 31.7 Å². The Morgan fingerprint density at radius 3 is 2.57 bits per heavy atom. The summed E-state index contributed by atoms with van der Waals surface area (Å²) in [5.74, 6) is -0.348. The molecule has 3 rings (SSSR count). The van der Waals surface area contributed by atoms with Gasteiger partial charge in [0.1, 0.15) is 5.82 Å². The van der Waals surface area contributed by atoms with Crippen molar-refractivity contribution in [1.29, 1.82) is 0 Å². The number of halogens is 3. The molecule has 114 valence electrons. The highest BCUT2D eigenvalue weighted by molar-refractivity contribution is 7.08. The van der Waals surface area contributed by atoms with Crippen molar-refractivity contribution in [3.8, 4) is 0 Å². The lowest BCUT2D eigenvalue weighted by molar-refractivity contribution is 0.198. The van der Waals surface area contributed by atoms with E-state index in [0.29, 0.717) is 0 Å². The Bertz CT molecular complexity index is 571. The highest BCUT2D eigenvalue weighted by Gasteiger charge is 2.24. The predicted octanol–water partition coefficient (Wildman–Crippen LogP) is 3.96. The topological polar surface area (TPSA) is 15.3 Å². The molecule has 1 fully saturated rings. The zero-order valence-electron chi connectivity index (χ0n) is 11.4. The van der Waals surface area contributed by atoms with Crippen LogP contribution in [0.3, 0.4) is 0 Å². The van der Waals surface area contributed by atoms with E-state index in [1.165, 1.54) is 5.56 Å². The van der Waals surface area contributed by atoms with E-state index in [1.807, 2.05) is 6.07 Å². The number of nitrogens with one attached hydrogen (secondary N) is 1. The zero-order chi connectivity index (χ0) is 13.9. The fourth-order valence-electron chi connectivity index (χ4n) is 2.67. The van der Waals surface area contributed by atoms with Gasteiger partial charge in [0.25, 0.3) is 0 Å². The van der Waals surface area contributed by atoms with Crippen molar-refractivity contribution in [2.75, 3.05) is 26.2 Å². The van der Waals surface area contributed by atoms with Gasteiger partial charge < -0.3 is 5.32 Å². The Morgan fingerprint density at radius 2 is 1.95 bits per heavy atom. The largest absolute Gasteiger partial charge is 0.314 e. The van der Waals surface area contributed by atoms with E-state index in [2.05, 4.69) is 27.0 Å². The Morgan fingerprint density at radius 1 is 1.19 bits per heavy atom. The van der Waals surface area contributed by atoms with Crippen molar-refractivity contribution < 1.29 is 4.39 Å². The molecule has 0 amide bonds. The van der Waals surface area contributed by atoms with Gasteiger partial charge in [0.05, 0.1) is 11.1 Å². The van der Waals surface area contributed by atoms with Gasteiger partial charge in [-0.05, 0) is 40.1 Å². The highest BCUT2D eigenvalue weighted by atomic mass is 35.5. The van der Waals surface area contributed by atoms with Crippen LogP contribution in [0.15, 0.2) is 35.0 Å². The molecule has 0 radical (unpaired) electrons. The average molecular weight is 347 g/mol. The fourth-order valence-corrected chi connectivity index (χ4v) is 3.46. The molecule has 0 bridgehead atoms. The first kappa shape index (κ1) is 16.7. The normalized spacial score (nSPS) is 17.2. The minimum atomic E-state index is -0.348. The van der Waals surface area contributed by atoms with Crippen LogP contribution in [-0.4, -0.2) is 31.1 Å². The first-order valence-electron chi connectivity index (χ1n) is 6.67. The van der Waals surface area contributed by atoms with E-state index in [9.17, 15) is 4.39 Å². The molecule has 1 atom stereocenters. The van der Waals surface area contributed by atoms with Gasteiger partial charge in [0.15, 0.2) is 0 Å². The summed E-state index contributed by atoms with van der Waals surface area (Å²) in [5.41, 5.74) is 2.19. The number of rotatable bonds is 3. The van der Waals surface area contributed by atoms with Gasteiger partial charge in [-0.3, -0.25) is 4.90 Å². The maximum atomic E-state index is 13.8. The quantitative estimate of drug-likeness (QED) is 0.904. The van der Waals surface area contributed by atoms with E-state index in [-0.39, 0.29) is 29.3 Å². The molecular weight excluding hydrogens is 330 g/mol. The third-order valence-corrected chi connectivity index (χ3v) is 4.64. The number of thiophene rings is 1. The van der Waals surface area contributed by atoms with Crippen LogP contribution in [0.4, 0.5) is 4.39 Å². The average Bonchev–Trinajstić information content (AvgIpc) is 2.98. The van der Waals surface area contributed by atoms with Gasteiger partial charge in [0, 0.05) is 26.2 Å². The number of nitrogens with zero attached hydrogens (tertiary/aromatic N) is 1. The van der Waals surface area contributed by atoms with Gasteiger partial charge in [-0.25, -0.2) is 4.39 Å². The van der Waals surface area contributed by atoms with Crippen molar-refractivity contribution >= 4 is 35.3 Å². The molecule has 0 unspecified atom stereocenters. The maximum absolute atomic E-state index is 13.8. The predicted molar refractivity (Wildman–Crippen MR) is 89.3 cm³/mol. The molecule has 1 saturated heterocycles. The van der Waals surface area contributed by atoms with Crippen LogP contribution >= 0.6 is 35.3 Å². The number of hydrogen-bond donors (Lipinski definition) is 1. The fraction of sp³-hybridized carbons (Fsp3) is 0.333. The lowest BCUT2D eigenvalue weighted by atomic mass is 9.98. The second kappa shape index (κ2) is 7.56. The second-order valence-electron chi connectivity index (χ2n) is 4.92. The number of hydrogen-bond acceptors (Lipinski definition) is 3. The molecule has 21 heavy (non-hydrogen) atoms. The van der Waals surface area contributed by atoms with Crippen LogP contribution in [0.5, 0.6) is 0 Å². The summed E-state index contributed by atoms with van der Waals surface area (Å²) < 4.78 is 13.8. The number of benzene rings is 1. The van der Waals surface area contributed by atoms with Gasteiger partial charge >= 0.3 is 0 Å². The lowest BCUT2D eigenvalue weighted by Crippen LogP contribution is -2.45. The van der Waals surface area contributed by atoms with Crippen LogP contribution < -0.4 is 5.32 Å². The Kier molecular flexibility index (Phi) is 6.02. The molecule has 2 aromatic rings. The molecule has 1 aromatic carbocycles. The summed E-state index contributed by atoms with van der Waals surface area (Å²) in [6.45, 7) is 3.86. The highest BCUT2D eigenvalue weighted by Crippen LogP contribution is 2.32. The summed E-state index contributed by atoms with van der Waals surface area (Å²) in [6.07, 6.45) is 0. The minimum absolute atomic E-state index is 0. The molecule has 6 heteroatoms. The molecule has 2 nitrogen and oxygen atoms in total. The van der Waals surface area contributed by atoms with Crippen molar-refractivity contribution in [1.82, 2.24) is 10.2 Å². The Balaban J connectivity index is 0.00000161. The standard InChI is InChI=1S/C15H16ClFN2S.ClH/c16-13-2-1-11(9-14(13)17)15(12-3-8-20-10-12)19-6-4-18-5-7-19;/h1-3,8-10,15,18H,4-7H2;1H/t15-;/m1./s1. The summed E-state index contributed by atoms with van der Waals surface area (Å²) in [7, 11) is 0. The third-order valence-electron chi connectivity index (χ3n) is 3.64. The van der Waals surface area contributed by atoms with Crippen LogP contribution in [0, 0.1) is 5.82 Å². The molecule has 0 aliphatic carbocycles. The van der Waals surface area contributed by atoms with E-state index in [1.54, 1.807) is 23.5 Å². The Labute approximate surface area is 139 Å². The van der Waals surface area contributed by atoms with Crippen LogP contribution in [-0.2, 0) is 0 Å². The van der Waals surface area contributed by atoms with Gasteiger partial charge in [-0.1, -0.05) is 17.7 Å². The van der Waals surface area contributed by atoms with Crippen LogP contribution in [0.25, 0.3) is 0 Å². The molecule has 2 heterocycles. The van der Waals surface area contributed by atoms with Crippen molar-refractivity contribution in [2.24, 2.45) is 0 Å². The minimum Gasteiger partial charge on any atom is -0.314 e. The SMILES string of the molecule is Cl.Fc1cc([C@H](c2ccsc2)N2CCNCC2)ccc1Cl.